The van der Waals surface area contributed by atoms with Gasteiger partial charge in [-0.2, -0.15) is 16.8 Å². The van der Waals surface area contributed by atoms with Gasteiger partial charge in [0.15, 0.2) is 12.2 Å². The molecule has 0 aliphatic carbocycles. The lowest BCUT2D eigenvalue weighted by molar-refractivity contribution is -0.169. The van der Waals surface area contributed by atoms with Crippen LogP contribution in [0.2, 0.25) is 0 Å². The second kappa shape index (κ2) is 15.2. The van der Waals surface area contributed by atoms with Crippen molar-refractivity contribution in [3.63, 3.8) is 0 Å². The summed E-state index contributed by atoms with van der Waals surface area (Å²) >= 11 is 0. The molecule has 0 N–H and O–H groups in total. The third kappa shape index (κ3) is 9.92. The molecule has 2 atom stereocenters. The molecule has 0 saturated carbocycles. The van der Waals surface area contributed by atoms with E-state index in [0.717, 1.165) is 22.3 Å². The summed E-state index contributed by atoms with van der Waals surface area (Å²) in [6.07, 6.45) is -3.23. The molecule has 0 fully saturated rings. The third-order valence-electron chi connectivity index (χ3n) is 6.91. The molecule has 0 heterocycles. The Morgan fingerprint density at radius 3 is 1.20 bits per heavy atom. The predicted molar refractivity (Wildman–Crippen MR) is 167 cm³/mol. The van der Waals surface area contributed by atoms with E-state index in [1.807, 2.05) is 12.1 Å². The summed E-state index contributed by atoms with van der Waals surface area (Å²) in [7, 11) is -8.87. The molecule has 0 spiro atoms. The molecule has 11 heteroatoms. The van der Waals surface area contributed by atoms with Gasteiger partial charge in [0, 0.05) is 0 Å². The van der Waals surface area contributed by atoms with Crippen molar-refractivity contribution in [1.29, 1.82) is 0 Å². The zero-order valence-corrected chi connectivity index (χ0v) is 26.5. The molecule has 0 radical (unpaired) electrons. The zero-order valence-electron chi connectivity index (χ0n) is 24.9. The normalized spacial score (nSPS) is 13.1. The summed E-state index contributed by atoms with van der Waals surface area (Å²) < 4.78 is 68.1. The molecular formula is C34H34O9S2. The molecule has 0 aliphatic rings. The van der Waals surface area contributed by atoms with Gasteiger partial charge in [-0.15, -0.1) is 0 Å². The van der Waals surface area contributed by atoms with Gasteiger partial charge >= 0.3 is 11.9 Å². The van der Waals surface area contributed by atoms with Crippen LogP contribution in [0, 0.1) is 13.8 Å². The van der Waals surface area contributed by atoms with Gasteiger partial charge in [0.1, 0.15) is 0 Å². The van der Waals surface area contributed by atoms with Crippen molar-refractivity contribution >= 4 is 32.2 Å². The van der Waals surface area contributed by atoms with Crippen LogP contribution in [0.4, 0.5) is 0 Å². The smallest absolute Gasteiger partial charge is 0.344 e. The van der Waals surface area contributed by atoms with Crippen molar-refractivity contribution in [3.8, 4) is 0 Å². The average molecular weight is 651 g/mol. The van der Waals surface area contributed by atoms with Gasteiger partial charge in [0.2, 0.25) is 0 Å². The van der Waals surface area contributed by atoms with E-state index >= 15 is 0 Å². The number of esters is 2. The lowest BCUT2D eigenvalue weighted by Crippen LogP contribution is -2.37. The van der Waals surface area contributed by atoms with Crippen LogP contribution in [0.5, 0.6) is 0 Å². The topological polar surface area (TPSA) is 130 Å². The van der Waals surface area contributed by atoms with Crippen molar-refractivity contribution < 1.29 is 39.5 Å². The third-order valence-corrected chi connectivity index (χ3v) is 9.58. The highest BCUT2D eigenvalue weighted by Gasteiger charge is 2.35. The Hall–Kier alpha value is -4.16. The Bertz CT molecular complexity index is 1650. The van der Waals surface area contributed by atoms with Crippen molar-refractivity contribution in [2.75, 3.05) is 0 Å². The van der Waals surface area contributed by atoms with E-state index in [2.05, 4.69) is 0 Å². The molecule has 4 rings (SSSR count). The summed E-state index contributed by atoms with van der Waals surface area (Å²) in [6, 6.07) is 29.7. The van der Waals surface area contributed by atoms with E-state index in [9.17, 15) is 26.4 Å². The van der Waals surface area contributed by atoms with Gasteiger partial charge in [-0.3, -0.25) is 8.37 Å². The first-order valence-electron chi connectivity index (χ1n) is 14.3. The number of aryl methyl sites for hydroxylation is 4. The molecule has 0 aliphatic heterocycles. The average Bonchev–Trinajstić information content (AvgIpc) is 3.02. The fraction of sp³-hybridized carbons (Fsp3) is 0.235. The lowest BCUT2D eigenvalue weighted by atomic mass is 10.1. The molecule has 4 aromatic carbocycles. The van der Waals surface area contributed by atoms with Gasteiger partial charge in [0.05, 0.1) is 9.79 Å². The van der Waals surface area contributed by atoms with Crippen molar-refractivity contribution in [1.82, 2.24) is 0 Å². The minimum Gasteiger partial charge on any atom is -0.389 e. The number of carbonyl (C=O) groups is 2. The molecule has 0 saturated heterocycles. The largest absolute Gasteiger partial charge is 0.389 e. The Balaban J connectivity index is 1.56. The Morgan fingerprint density at radius 1 is 0.533 bits per heavy atom. The second-order valence-electron chi connectivity index (χ2n) is 10.5. The molecule has 4 aromatic rings. The maximum atomic E-state index is 13.4. The molecule has 0 bridgehead atoms. The molecular weight excluding hydrogens is 616 g/mol. The number of ether oxygens (including phenoxy) is 1. The first-order chi connectivity index (χ1) is 21.4. The summed E-state index contributed by atoms with van der Waals surface area (Å²) in [5, 5.41) is 0. The first kappa shape index (κ1) is 33.7. The quantitative estimate of drug-likeness (QED) is 0.0988. The molecule has 9 nitrogen and oxygen atoms in total. The van der Waals surface area contributed by atoms with Gasteiger partial charge in [-0.05, 0) is 74.9 Å². The highest BCUT2D eigenvalue weighted by atomic mass is 32.2. The van der Waals surface area contributed by atoms with Crippen LogP contribution in [0.1, 0.15) is 35.1 Å². The Morgan fingerprint density at radius 2 is 0.867 bits per heavy atom. The van der Waals surface area contributed by atoms with E-state index in [-0.39, 0.29) is 35.5 Å². The van der Waals surface area contributed by atoms with Crippen LogP contribution < -0.4 is 0 Å². The fourth-order valence-electron chi connectivity index (χ4n) is 4.35. The molecule has 2 unspecified atom stereocenters. The van der Waals surface area contributed by atoms with Crippen LogP contribution >= 0.6 is 0 Å². The number of benzene rings is 4. The highest BCUT2D eigenvalue weighted by Crippen LogP contribution is 2.22. The maximum absolute atomic E-state index is 13.4. The minimum atomic E-state index is -4.44. The molecule has 0 aromatic heterocycles. The Labute approximate surface area is 264 Å². The van der Waals surface area contributed by atoms with Crippen molar-refractivity contribution in [2.24, 2.45) is 0 Å². The van der Waals surface area contributed by atoms with Gasteiger partial charge < -0.3 is 4.74 Å². The van der Waals surface area contributed by atoms with E-state index in [1.54, 1.807) is 86.6 Å². The number of rotatable bonds is 14. The van der Waals surface area contributed by atoms with Gasteiger partial charge in [-0.25, -0.2) is 9.59 Å². The van der Waals surface area contributed by atoms with E-state index in [1.165, 1.54) is 24.3 Å². The van der Waals surface area contributed by atoms with E-state index < -0.39 is 44.4 Å². The molecule has 0 amide bonds. The van der Waals surface area contributed by atoms with E-state index in [4.69, 9.17) is 13.1 Å². The second-order valence-corrected chi connectivity index (χ2v) is 13.6. The van der Waals surface area contributed by atoms with Crippen LogP contribution in [-0.2, 0) is 55.8 Å². The monoisotopic (exact) mass is 650 g/mol. The zero-order chi connectivity index (χ0) is 32.5. The SMILES string of the molecule is Cc1ccc(S(=O)(=O)OC(CCc2ccccc2)C(=O)OC(=O)C(CCc2ccccc2)OS(=O)(=O)c2ccc(C)cc2)cc1. The van der Waals surface area contributed by atoms with Crippen LogP contribution in [0.3, 0.4) is 0 Å². The van der Waals surface area contributed by atoms with Crippen LogP contribution in [0.25, 0.3) is 0 Å². The number of hydrogen-bond acceptors (Lipinski definition) is 9. The fourth-order valence-corrected chi connectivity index (χ4v) is 6.48. The first-order valence-corrected chi connectivity index (χ1v) is 17.1. The van der Waals surface area contributed by atoms with Crippen LogP contribution in [0.15, 0.2) is 119 Å². The lowest BCUT2D eigenvalue weighted by Gasteiger charge is -2.19. The van der Waals surface area contributed by atoms with Gasteiger partial charge in [-0.1, -0.05) is 96.1 Å². The molecule has 236 valence electrons. The summed E-state index contributed by atoms with van der Waals surface area (Å²) in [5.74, 6) is -2.57. The van der Waals surface area contributed by atoms with Gasteiger partial charge in [0.25, 0.3) is 20.2 Å². The highest BCUT2D eigenvalue weighted by molar-refractivity contribution is 7.87. The predicted octanol–water partition coefficient (Wildman–Crippen LogP) is 5.49. The van der Waals surface area contributed by atoms with Crippen LogP contribution in [-0.4, -0.2) is 41.0 Å². The Kier molecular flexibility index (Phi) is 11.4. The van der Waals surface area contributed by atoms with Crippen molar-refractivity contribution in [2.45, 2.75) is 61.5 Å². The standard InChI is InChI=1S/C34H34O9S2/c1-25-13-19-29(20-14-25)44(37,38)42-31(23-17-27-9-5-3-6-10-27)33(35)41-34(36)32(24-18-28-11-7-4-8-12-28)43-45(39,40)30-21-15-26(2)16-22-30/h3-16,19-22,31-32H,17-18,23-24H2,1-2H3. The summed E-state index contributed by atoms with van der Waals surface area (Å²) in [5.41, 5.74) is 3.24. The summed E-state index contributed by atoms with van der Waals surface area (Å²) in [4.78, 5) is 26.4. The van der Waals surface area contributed by atoms with E-state index in [0.29, 0.717) is 0 Å². The summed E-state index contributed by atoms with van der Waals surface area (Å²) in [6.45, 7) is 3.58. The maximum Gasteiger partial charge on any atom is 0.344 e. The van der Waals surface area contributed by atoms with Crippen molar-refractivity contribution in [3.05, 3.63) is 131 Å². The number of hydrogen-bond donors (Lipinski definition) is 0. The minimum absolute atomic E-state index is 0.140. The number of carbonyl (C=O) groups excluding carboxylic acids is 2. The molecule has 45 heavy (non-hydrogen) atoms.